The average Bonchev–Trinajstić information content (AvgIpc) is 2.76. The second-order valence-electron chi connectivity index (χ2n) is 4.52. The molecule has 6 heteroatoms. The SMILES string of the molecule is COc1ccc(-n2[nH]c3[nH]c(C)cc(=O)c3c2=O)cc1. The van der Waals surface area contributed by atoms with Gasteiger partial charge in [0.1, 0.15) is 16.8 Å². The van der Waals surface area contributed by atoms with Crippen molar-refractivity contribution in [2.45, 2.75) is 6.92 Å². The highest BCUT2D eigenvalue weighted by Gasteiger charge is 2.12. The number of aromatic amines is 2. The molecule has 0 fully saturated rings. The van der Waals surface area contributed by atoms with Crippen molar-refractivity contribution in [3.8, 4) is 11.4 Å². The Morgan fingerprint density at radius 3 is 2.50 bits per heavy atom. The van der Waals surface area contributed by atoms with Crippen LogP contribution in [0, 0.1) is 6.92 Å². The number of nitrogens with zero attached hydrogens (tertiary/aromatic N) is 1. The van der Waals surface area contributed by atoms with E-state index in [4.69, 9.17) is 4.74 Å². The average molecular weight is 271 g/mol. The molecule has 1 aromatic carbocycles. The summed E-state index contributed by atoms with van der Waals surface area (Å²) in [5, 5.41) is 3.04. The minimum absolute atomic E-state index is 0.131. The highest BCUT2D eigenvalue weighted by atomic mass is 16.5. The van der Waals surface area contributed by atoms with Gasteiger partial charge < -0.3 is 9.72 Å². The fourth-order valence-corrected chi connectivity index (χ4v) is 2.17. The van der Waals surface area contributed by atoms with Crippen molar-refractivity contribution in [3.05, 3.63) is 56.6 Å². The number of nitrogens with one attached hydrogen (secondary N) is 2. The highest BCUT2D eigenvalue weighted by Crippen LogP contribution is 2.14. The first-order valence-electron chi connectivity index (χ1n) is 6.09. The molecule has 102 valence electrons. The van der Waals surface area contributed by atoms with Gasteiger partial charge in [-0.1, -0.05) is 0 Å². The Labute approximate surface area is 113 Å². The highest BCUT2D eigenvalue weighted by molar-refractivity contribution is 5.74. The molecule has 0 bridgehead atoms. The van der Waals surface area contributed by atoms with Crippen molar-refractivity contribution >= 4 is 11.0 Å². The number of ether oxygens (including phenoxy) is 1. The maximum Gasteiger partial charge on any atom is 0.284 e. The monoisotopic (exact) mass is 271 g/mol. The van der Waals surface area contributed by atoms with Crippen LogP contribution in [0.5, 0.6) is 5.75 Å². The van der Waals surface area contributed by atoms with Crippen LogP contribution < -0.4 is 15.7 Å². The van der Waals surface area contributed by atoms with Crippen LogP contribution in [0.1, 0.15) is 5.69 Å². The molecule has 2 aromatic heterocycles. The summed E-state index contributed by atoms with van der Waals surface area (Å²) in [7, 11) is 1.57. The van der Waals surface area contributed by atoms with Crippen LogP contribution in [0.2, 0.25) is 0 Å². The number of benzene rings is 1. The van der Waals surface area contributed by atoms with Crippen molar-refractivity contribution < 1.29 is 4.74 Å². The first-order chi connectivity index (χ1) is 9.60. The Morgan fingerprint density at radius 1 is 1.15 bits per heavy atom. The molecule has 0 radical (unpaired) electrons. The number of pyridine rings is 1. The van der Waals surface area contributed by atoms with Crippen molar-refractivity contribution in [1.82, 2.24) is 14.8 Å². The van der Waals surface area contributed by atoms with Crippen LogP contribution >= 0.6 is 0 Å². The van der Waals surface area contributed by atoms with E-state index in [1.165, 1.54) is 10.7 Å². The van der Waals surface area contributed by atoms with Gasteiger partial charge in [0, 0.05) is 11.8 Å². The standard InChI is InChI=1S/C14H13N3O3/c1-8-7-11(18)12-13(15-8)16-17(14(12)19)9-3-5-10(20-2)6-4-9/h3-7H,1-2H3,(H2,15,16,18). The molecule has 0 unspecified atom stereocenters. The van der Waals surface area contributed by atoms with Gasteiger partial charge in [-0.05, 0) is 31.2 Å². The zero-order chi connectivity index (χ0) is 14.3. The molecule has 6 nitrogen and oxygen atoms in total. The van der Waals surface area contributed by atoms with E-state index in [0.717, 1.165) is 0 Å². The topological polar surface area (TPSA) is 79.9 Å². The summed E-state index contributed by atoms with van der Waals surface area (Å²) in [6.45, 7) is 1.77. The predicted molar refractivity (Wildman–Crippen MR) is 75.8 cm³/mol. The third kappa shape index (κ3) is 1.82. The van der Waals surface area contributed by atoms with Crippen molar-refractivity contribution in [3.63, 3.8) is 0 Å². The van der Waals surface area contributed by atoms with Gasteiger partial charge in [0.15, 0.2) is 5.43 Å². The van der Waals surface area contributed by atoms with E-state index in [9.17, 15) is 9.59 Å². The molecular formula is C14H13N3O3. The van der Waals surface area contributed by atoms with E-state index in [0.29, 0.717) is 22.8 Å². The van der Waals surface area contributed by atoms with Gasteiger partial charge in [0.05, 0.1) is 12.8 Å². The number of aromatic nitrogens is 3. The number of hydrogen-bond acceptors (Lipinski definition) is 3. The molecular weight excluding hydrogens is 258 g/mol. The van der Waals surface area contributed by atoms with Gasteiger partial charge in [0.2, 0.25) is 0 Å². The van der Waals surface area contributed by atoms with E-state index in [1.807, 2.05) is 0 Å². The predicted octanol–water partition coefficient (Wildman–Crippen LogP) is 1.32. The van der Waals surface area contributed by atoms with Crippen molar-refractivity contribution in [2.75, 3.05) is 7.11 Å². The minimum atomic E-state index is -0.369. The van der Waals surface area contributed by atoms with Gasteiger partial charge in [-0.2, -0.15) is 0 Å². The van der Waals surface area contributed by atoms with Crippen LogP contribution in [-0.2, 0) is 0 Å². The first-order valence-corrected chi connectivity index (χ1v) is 6.09. The maximum absolute atomic E-state index is 12.3. The molecule has 0 aliphatic heterocycles. The Kier molecular flexibility index (Phi) is 2.71. The molecule has 3 rings (SSSR count). The van der Waals surface area contributed by atoms with Crippen molar-refractivity contribution in [2.24, 2.45) is 0 Å². The maximum atomic E-state index is 12.3. The van der Waals surface area contributed by atoms with Gasteiger partial charge >= 0.3 is 0 Å². The Hall–Kier alpha value is -2.76. The van der Waals surface area contributed by atoms with Crippen LogP contribution in [-0.4, -0.2) is 21.9 Å². The molecule has 0 spiro atoms. The number of methoxy groups -OCH3 is 1. The lowest BCUT2D eigenvalue weighted by Crippen LogP contribution is -2.18. The van der Waals surface area contributed by atoms with E-state index >= 15 is 0 Å². The lowest BCUT2D eigenvalue weighted by Gasteiger charge is -2.03. The second kappa shape index (κ2) is 4.41. The summed E-state index contributed by atoms with van der Waals surface area (Å²) < 4.78 is 6.41. The molecule has 0 atom stereocenters. The van der Waals surface area contributed by atoms with E-state index in [1.54, 1.807) is 38.3 Å². The normalized spacial score (nSPS) is 10.9. The number of aryl methyl sites for hydroxylation is 1. The van der Waals surface area contributed by atoms with Gasteiger partial charge in [-0.15, -0.1) is 0 Å². The zero-order valence-electron chi connectivity index (χ0n) is 11.1. The number of rotatable bonds is 2. The second-order valence-corrected chi connectivity index (χ2v) is 4.52. The van der Waals surface area contributed by atoms with Crippen LogP contribution in [0.25, 0.3) is 16.7 Å². The van der Waals surface area contributed by atoms with Crippen molar-refractivity contribution in [1.29, 1.82) is 0 Å². The van der Waals surface area contributed by atoms with E-state index < -0.39 is 0 Å². The zero-order valence-corrected chi connectivity index (χ0v) is 11.1. The Bertz CT molecular complexity index is 885. The summed E-state index contributed by atoms with van der Waals surface area (Å²) in [6, 6.07) is 8.40. The number of hydrogen-bond donors (Lipinski definition) is 2. The van der Waals surface area contributed by atoms with E-state index in [2.05, 4.69) is 10.1 Å². The molecule has 0 saturated heterocycles. The van der Waals surface area contributed by atoms with Crippen LogP contribution in [0.15, 0.2) is 39.9 Å². The molecule has 0 saturated carbocycles. The molecule has 0 aliphatic carbocycles. The quantitative estimate of drug-likeness (QED) is 0.737. The third-order valence-electron chi connectivity index (χ3n) is 3.14. The largest absolute Gasteiger partial charge is 0.497 e. The third-order valence-corrected chi connectivity index (χ3v) is 3.14. The van der Waals surface area contributed by atoms with Gasteiger partial charge in [-0.3, -0.25) is 14.7 Å². The molecule has 20 heavy (non-hydrogen) atoms. The number of fused-ring (bicyclic) bond motifs is 1. The Balaban J connectivity index is 2.26. The number of H-pyrrole nitrogens is 2. The van der Waals surface area contributed by atoms with Crippen LogP contribution in [0.4, 0.5) is 0 Å². The lowest BCUT2D eigenvalue weighted by atomic mass is 10.3. The summed E-state index contributed by atoms with van der Waals surface area (Å²) in [5.41, 5.74) is 1.11. The summed E-state index contributed by atoms with van der Waals surface area (Å²) in [4.78, 5) is 27.2. The van der Waals surface area contributed by atoms with E-state index in [-0.39, 0.29) is 16.4 Å². The molecule has 2 heterocycles. The fourth-order valence-electron chi connectivity index (χ4n) is 2.17. The van der Waals surface area contributed by atoms with Gasteiger partial charge in [-0.25, -0.2) is 4.68 Å². The summed E-state index contributed by atoms with van der Waals surface area (Å²) in [6.07, 6.45) is 0. The molecule has 0 amide bonds. The molecule has 2 N–H and O–H groups in total. The van der Waals surface area contributed by atoms with Gasteiger partial charge in [0.25, 0.3) is 5.56 Å². The smallest absolute Gasteiger partial charge is 0.284 e. The molecule has 0 aliphatic rings. The summed E-state index contributed by atoms with van der Waals surface area (Å²) >= 11 is 0. The summed E-state index contributed by atoms with van der Waals surface area (Å²) in [5.74, 6) is 0.699. The fraction of sp³-hybridized carbons (Fsp3) is 0.143. The van der Waals surface area contributed by atoms with Crippen LogP contribution in [0.3, 0.4) is 0 Å². The Morgan fingerprint density at radius 2 is 1.85 bits per heavy atom. The first kappa shape index (κ1) is 12.3. The lowest BCUT2D eigenvalue weighted by molar-refractivity contribution is 0.414. The minimum Gasteiger partial charge on any atom is -0.497 e. The molecule has 3 aromatic rings.